The summed E-state index contributed by atoms with van der Waals surface area (Å²) in [4.78, 5) is 18.7. The van der Waals surface area contributed by atoms with Crippen molar-refractivity contribution in [3.63, 3.8) is 0 Å². The summed E-state index contributed by atoms with van der Waals surface area (Å²) in [5.41, 5.74) is 0.998. The molecule has 1 fully saturated rings. The monoisotopic (exact) mass is 384 g/mol. The van der Waals surface area contributed by atoms with E-state index in [4.69, 9.17) is 14.2 Å². The van der Waals surface area contributed by atoms with Crippen LogP contribution in [0.4, 0.5) is 10.6 Å². The Morgan fingerprint density at radius 1 is 1.14 bits per heavy atom. The molecule has 148 valence electrons. The molecule has 8 nitrogen and oxygen atoms in total. The van der Waals surface area contributed by atoms with Gasteiger partial charge in [0.1, 0.15) is 12.4 Å². The van der Waals surface area contributed by atoms with Crippen molar-refractivity contribution in [3.05, 3.63) is 48.2 Å². The summed E-state index contributed by atoms with van der Waals surface area (Å²) >= 11 is 0. The van der Waals surface area contributed by atoms with E-state index < -0.39 is 0 Å². The van der Waals surface area contributed by atoms with Crippen LogP contribution in [-0.2, 0) is 11.3 Å². The minimum Gasteiger partial charge on any atom is -0.486 e. The number of para-hydroxylation sites is 2. The number of morpholine rings is 1. The van der Waals surface area contributed by atoms with Crippen LogP contribution in [0.2, 0.25) is 0 Å². The van der Waals surface area contributed by atoms with Crippen LogP contribution < -0.4 is 25.0 Å². The van der Waals surface area contributed by atoms with Crippen molar-refractivity contribution in [1.82, 2.24) is 15.6 Å². The predicted molar refractivity (Wildman–Crippen MR) is 104 cm³/mol. The molecule has 28 heavy (non-hydrogen) atoms. The number of fused-ring (bicyclic) bond motifs is 1. The minimum atomic E-state index is -0.243. The first-order valence-electron chi connectivity index (χ1n) is 9.46. The summed E-state index contributed by atoms with van der Waals surface area (Å²) in [7, 11) is 0. The van der Waals surface area contributed by atoms with Gasteiger partial charge in [-0.3, -0.25) is 0 Å². The van der Waals surface area contributed by atoms with Crippen molar-refractivity contribution < 1.29 is 19.0 Å². The number of nitrogens with zero attached hydrogens (tertiary/aromatic N) is 2. The Labute approximate surface area is 163 Å². The molecular formula is C20H24N4O4. The molecule has 1 atom stereocenters. The average molecular weight is 384 g/mol. The maximum Gasteiger partial charge on any atom is 0.315 e. The number of benzene rings is 1. The fourth-order valence-electron chi connectivity index (χ4n) is 3.15. The molecule has 4 rings (SSSR count). The van der Waals surface area contributed by atoms with Gasteiger partial charge in [0.05, 0.1) is 19.8 Å². The number of hydrogen-bond acceptors (Lipinski definition) is 6. The molecule has 2 amide bonds. The molecule has 2 aliphatic heterocycles. The van der Waals surface area contributed by atoms with Crippen LogP contribution in [0.1, 0.15) is 5.56 Å². The molecule has 2 N–H and O–H groups in total. The van der Waals surface area contributed by atoms with Gasteiger partial charge in [0.25, 0.3) is 0 Å². The van der Waals surface area contributed by atoms with Crippen LogP contribution in [0.15, 0.2) is 42.6 Å². The number of aromatic nitrogens is 1. The van der Waals surface area contributed by atoms with Crippen LogP contribution in [0.3, 0.4) is 0 Å². The molecule has 0 aliphatic carbocycles. The molecule has 1 aromatic heterocycles. The van der Waals surface area contributed by atoms with Gasteiger partial charge in [-0.05, 0) is 29.8 Å². The first-order valence-corrected chi connectivity index (χ1v) is 9.46. The van der Waals surface area contributed by atoms with Crippen molar-refractivity contribution in [2.45, 2.75) is 12.6 Å². The third-order valence-corrected chi connectivity index (χ3v) is 4.66. The minimum absolute atomic E-state index is 0.213. The van der Waals surface area contributed by atoms with Gasteiger partial charge in [-0.2, -0.15) is 0 Å². The number of pyridine rings is 1. The molecule has 2 aromatic rings. The molecular weight excluding hydrogens is 360 g/mol. The Morgan fingerprint density at radius 2 is 1.96 bits per heavy atom. The topological polar surface area (TPSA) is 85.0 Å². The summed E-state index contributed by atoms with van der Waals surface area (Å²) in [6.07, 6.45) is 1.55. The van der Waals surface area contributed by atoms with E-state index in [1.807, 2.05) is 36.4 Å². The second-order valence-electron chi connectivity index (χ2n) is 6.68. The normalized spacial score (nSPS) is 18.4. The van der Waals surface area contributed by atoms with Crippen molar-refractivity contribution in [1.29, 1.82) is 0 Å². The van der Waals surface area contributed by atoms with E-state index >= 15 is 0 Å². The number of hydrogen-bond donors (Lipinski definition) is 2. The number of urea groups is 1. The summed E-state index contributed by atoms with van der Waals surface area (Å²) in [5, 5.41) is 5.70. The Bertz CT molecular complexity index is 810. The fourth-order valence-corrected chi connectivity index (χ4v) is 3.15. The van der Waals surface area contributed by atoms with E-state index in [-0.39, 0.29) is 12.1 Å². The second kappa shape index (κ2) is 8.79. The maximum atomic E-state index is 12.1. The third kappa shape index (κ3) is 4.64. The molecule has 0 radical (unpaired) electrons. The Balaban J connectivity index is 1.23. The summed E-state index contributed by atoms with van der Waals surface area (Å²) in [6.45, 7) is 4.29. The van der Waals surface area contributed by atoms with Crippen LogP contribution in [0.25, 0.3) is 0 Å². The molecule has 0 unspecified atom stereocenters. The zero-order valence-corrected chi connectivity index (χ0v) is 15.6. The number of rotatable bonds is 5. The number of anilines is 1. The van der Waals surface area contributed by atoms with Crippen molar-refractivity contribution in [2.75, 3.05) is 44.4 Å². The standard InChI is InChI=1S/C20H24N4O4/c25-20(23-13-16-14-27-17-3-1-2-4-18(17)28-16)22-12-15-5-6-21-19(11-15)24-7-9-26-10-8-24/h1-6,11,16H,7-10,12-14H2,(H2,22,23,25)/t16-/m1/s1. The van der Waals surface area contributed by atoms with Gasteiger partial charge in [0, 0.05) is 25.8 Å². The van der Waals surface area contributed by atoms with Gasteiger partial charge in [0.2, 0.25) is 0 Å². The summed E-state index contributed by atoms with van der Waals surface area (Å²) < 4.78 is 16.9. The van der Waals surface area contributed by atoms with Gasteiger partial charge in [-0.25, -0.2) is 9.78 Å². The summed E-state index contributed by atoms with van der Waals surface area (Å²) in [5.74, 6) is 2.35. The molecule has 2 aliphatic rings. The lowest BCUT2D eigenvalue weighted by Gasteiger charge is -2.28. The van der Waals surface area contributed by atoms with Gasteiger partial charge >= 0.3 is 6.03 Å². The van der Waals surface area contributed by atoms with E-state index in [2.05, 4.69) is 20.5 Å². The number of nitrogens with one attached hydrogen (secondary N) is 2. The smallest absolute Gasteiger partial charge is 0.315 e. The lowest BCUT2D eigenvalue weighted by atomic mass is 10.2. The van der Waals surface area contributed by atoms with Crippen LogP contribution in [0, 0.1) is 0 Å². The van der Waals surface area contributed by atoms with Crippen molar-refractivity contribution in [2.24, 2.45) is 0 Å². The lowest BCUT2D eigenvalue weighted by molar-refractivity contribution is 0.0918. The first kappa shape index (κ1) is 18.4. The first-order chi connectivity index (χ1) is 13.8. The van der Waals surface area contributed by atoms with Gasteiger partial charge in [-0.15, -0.1) is 0 Å². The molecule has 8 heteroatoms. The predicted octanol–water partition coefficient (Wildman–Crippen LogP) is 1.56. The maximum absolute atomic E-state index is 12.1. The highest BCUT2D eigenvalue weighted by Crippen LogP contribution is 2.30. The average Bonchev–Trinajstić information content (AvgIpc) is 2.77. The molecule has 1 saturated heterocycles. The van der Waals surface area contributed by atoms with E-state index in [9.17, 15) is 4.79 Å². The Kier molecular flexibility index (Phi) is 5.77. The van der Waals surface area contributed by atoms with Gasteiger partial charge in [0.15, 0.2) is 17.6 Å². The Hall–Kier alpha value is -3.00. The number of ether oxygens (including phenoxy) is 3. The number of carbonyl (C=O) groups is 1. The molecule has 1 aromatic carbocycles. The van der Waals surface area contributed by atoms with Crippen LogP contribution in [0.5, 0.6) is 11.5 Å². The number of carbonyl (C=O) groups excluding carboxylic acids is 1. The SMILES string of the molecule is O=C(NCc1ccnc(N2CCOCC2)c1)NC[C@@H]1COc2ccccc2O1. The molecule has 0 spiro atoms. The highest BCUT2D eigenvalue weighted by atomic mass is 16.6. The molecule has 0 bridgehead atoms. The van der Waals surface area contributed by atoms with Gasteiger partial charge < -0.3 is 29.7 Å². The third-order valence-electron chi connectivity index (χ3n) is 4.66. The van der Waals surface area contributed by atoms with Crippen molar-refractivity contribution in [3.8, 4) is 11.5 Å². The van der Waals surface area contributed by atoms with Gasteiger partial charge in [-0.1, -0.05) is 12.1 Å². The summed E-state index contributed by atoms with van der Waals surface area (Å²) in [6, 6.07) is 11.2. The second-order valence-corrected chi connectivity index (χ2v) is 6.68. The van der Waals surface area contributed by atoms with E-state index in [1.54, 1.807) is 6.20 Å². The molecule has 0 saturated carbocycles. The van der Waals surface area contributed by atoms with Crippen molar-refractivity contribution >= 4 is 11.8 Å². The highest BCUT2D eigenvalue weighted by molar-refractivity contribution is 5.73. The Morgan fingerprint density at radius 3 is 2.82 bits per heavy atom. The fraction of sp³-hybridized carbons (Fsp3) is 0.400. The van der Waals surface area contributed by atoms with Crippen LogP contribution >= 0.6 is 0 Å². The largest absolute Gasteiger partial charge is 0.486 e. The highest BCUT2D eigenvalue weighted by Gasteiger charge is 2.21. The zero-order chi connectivity index (χ0) is 19.2. The molecule has 3 heterocycles. The number of amides is 2. The van der Waals surface area contributed by atoms with Crippen LogP contribution in [-0.4, -0.2) is 56.6 Å². The van der Waals surface area contributed by atoms with E-state index in [1.165, 1.54) is 0 Å². The van der Waals surface area contributed by atoms with E-state index in [0.717, 1.165) is 30.2 Å². The van der Waals surface area contributed by atoms with E-state index in [0.29, 0.717) is 38.7 Å². The quantitative estimate of drug-likeness (QED) is 0.814. The zero-order valence-electron chi connectivity index (χ0n) is 15.6. The lowest BCUT2D eigenvalue weighted by Crippen LogP contribution is -2.44.